The van der Waals surface area contributed by atoms with Gasteiger partial charge in [-0.15, -0.1) is 0 Å². The highest BCUT2D eigenvalue weighted by atomic mass is 19.4. The van der Waals surface area contributed by atoms with Gasteiger partial charge in [0.2, 0.25) is 0 Å². The first kappa shape index (κ1) is 20.5. The second kappa shape index (κ2) is 8.87. The Morgan fingerprint density at radius 3 is 2.48 bits per heavy atom. The molecule has 3 N–H and O–H groups in total. The smallest absolute Gasteiger partial charge is 0.422 e. The van der Waals surface area contributed by atoms with E-state index in [0.29, 0.717) is 23.6 Å². The Hall–Kier alpha value is -3.20. The van der Waals surface area contributed by atoms with E-state index in [-0.39, 0.29) is 6.04 Å². The molecule has 2 aromatic carbocycles. The number of nitrogens with one attached hydrogen (secondary N) is 1. The monoisotopic (exact) mass is 406 g/mol. The summed E-state index contributed by atoms with van der Waals surface area (Å²) in [5.74, 6) is -0.905. The van der Waals surface area contributed by atoms with Gasteiger partial charge >= 0.3 is 6.18 Å². The van der Waals surface area contributed by atoms with Gasteiger partial charge in [0.25, 0.3) is 0 Å². The SMILES string of the molecule is N[C@@H](CNc1cc(-c2ccc(OCC(F)(F)F)c(F)c2)ncn1)c1ccccc1. The summed E-state index contributed by atoms with van der Waals surface area (Å²) in [6, 6.07) is 14.5. The van der Waals surface area contributed by atoms with Gasteiger partial charge < -0.3 is 15.8 Å². The third-order valence-corrected chi connectivity index (χ3v) is 4.02. The fourth-order valence-electron chi connectivity index (χ4n) is 2.58. The van der Waals surface area contributed by atoms with E-state index in [0.717, 1.165) is 17.7 Å². The quantitative estimate of drug-likeness (QED) is 0.571. The molecule has 29 heavy (non-hydrogen) atoms. The van der Waals surface area contributed by atoms with Gasteiger partial charge in [0.05, 0.1) is 5.69 Å². The molecule has 0 unspecified atom stereocenters. The summed E-state index contributed by atoms with van der Waals surface area (Å²) in [7, 11) is 0. The lowest BCUT2D eigenvalue weighted by Gasteiger charge is -2.14. The third-order valence-electron chi connectivity index (χ3n) is 4.02. The molecule has 1 heterocycles. The normalized spacial score (nSPS) is 12.4. The summed E-state index contributed by atoms with van der Waals surface area (Å²) < 4.78 is 55.2. The number of rotatable bonds is 7. The molecule has 0 fully saturated rings. The van der Waals surface area contributed by atoms with E-state index in [4.69, 9.17) is 5.73 Å². The number of hydrogen-bond acceptors (Lipinski definition) is 5. The molecular formula is C20H18F4N4O. The van der Waals surface area contributed by atoms with Crippen LogP contribution in [0.2, 0.25) is 0 Å². The molecule has 0 saturated carbocycles. The van der Waals surface area contributed by atoms with Crippen LogP contribution in [0.15, 0.2) is 60.9 Å². The molecule has 0 aliphatic heterocycles. The maximum atomic E-state index is 14.1. The van der Waals surface area contributed by atoms with E-state index in [1.165, 1.54) is 12.4 Å². The van der Waals surface area contributed by atoms with Crippen LogP contribution in [-0.4, -0.2) is 29.3 Å². The maximum Gasteiger partial charge on any atom is 0.422 e. The molecule has 5 nitrogen and oxygen atoms in total. The summed E-state index contributed by atoms with van der Waals surface area (Å²) in [5.41, 5.74) is 7.88. The Morgan fingerprint density at radius 2 is 1.79 bits per heavy atom. The predicted molar refractivity (Wildman–Crippen MR) is 101 cm³/mol. The Balaban J connectivity index is 1.68. The molecule has 1 atom stereocenters. The molecule has 152 valence electrons. The van der Waals surface area contributed by atoms with Gasteiger partial charge in [-0.25, -0.2) is 14.4 Å². The van der Waals surface area contributed by atoms with E-state index in [1.807, 2.05) is 30.3 Å². The van der Waals surface area contributed by atoms with Crippen molar-refractivity contribution in [2.24, 2.45) is 5.73 Å². The lowest BCUT2D eigenvalue weighted by molar-refractivity contribution is -0.153. The van der Waals surface area contributed by atoms with Crippen molar-refractivity contribution >= 4 is 5.82 Å². The minimum absolute atomic E-state index is 0.253. The fraction of sp³-hybridized carbons (Fsp3) is 0.200. The minimum Gasteiger partial charge on any atom is -0.481 e. The molecule has 0 saturated heterocycles. The Kier molecular flexibility index (Phi) is 6.28. The molecule has 9 heteroatoms. The Bertz CT molecular complexity index is 951. The zero-order chi connectivity index (χ0) is 20.9. The number of halogens is 4. The van der Waals surface area contributed by atoms with Gasteiger partial charge in [-0.3, -0.25) is 0 Å². The van der Waals surface area contributed by atoms with Crippen LogP contribution in [0.4, 0.5) is 23.4 Å². The van der Waals surface area contributed by atoms with E-state index in [1.54, 1.807) is 6.07 Å². The van der Waals surface area contributed by atoms with Crippen molar-refractivity contribution in [3.8, 4) is 17.0 Å². The van der Waals surface area contributed by atoms with Crippen LogP contribution in [0.25, 0.3) is 11.3 Å². The number of hydrogen-bond donors (Lipinski definition) is 2. The largest absolute Gasteiger partial charge is 0.481 e. The number of nitrogens with two attached hydrogens (primary N) is 1. The van der Waals surface area contributed by atoms with Crippen LogP contribution in [0.1, 0.15) is 11.6 Å². The van der Waals surface area contributed by atoms with Crippen molar-refractivity contribution in [3.05, 3.63) is 72.3 Å². The van der Waals surface area contributed by atoms with Gasteiger partial charge in [0.1, 0.15) is 12.1 Å². The van der Waals surface area contributed by atoms with E-state index >= 15 is 0 Å². The van der Waals surface area contributed by atoms with Gasteiger partial charge in [-0.2, -0.15) is 13.2 Å². The van der Waals surface area contributed by atoms with Gasteiger partial charge in [0, 0.05) is 24.2 Å². The Morgan fingerprint density at radius 1 is 1.03 bits per heavy atom. The van der Waals surface area contributed by atoms with Gasteiger partial charge in [-0.1, -0.05) is 30.3 Å². The van der Waals surface area contributed by atoms with Crippen LogP contribution in [-0.2, 0) is 0 Å². The van der Waals surface area contributed by atoms with Crippen molar-refractivity contribution < 1.29 is 22.3 Å². The molecule has 3 rings (SSSR count). The molecule has 0 amide bonds. The maximum absolute atomic E-state index is 14.1. The van der Waals surface area contributed by atoms with Crippen molar-refractivity contribution in [1.82, 2.24) is 9.97 Å². The topological polar surface area (TPSA) is 73.1 Å². The summed E-state index contributed by atoms with van der Waals surface area (Å²) >= 11 is 0. The standard InChI is InChI=1S/C20H18F4N4O/c21-15-8-14(6-7-18(15)29-11-20(22,23)24)17-9-19(28-12-27-17)26-10-16(25)13-4-2-1-3-5-13/h1-9,12,16H,10-11,25H2,(H,26,27,28)/t16-/m0/s1. The number of ether oxygens (including phenoxy) is 1. The lowest BCUT2D eigenvalue weighted by Crippen LogP contribution is -2.21. The molecule has 3 aromatic rings. The Labute approximate surface area is 164 Å². The van der Waals surface area contributed by atoms with Crippen molar-refractivity contribution in [2.45, 2.75) is 12.2 Å². The predicted octanol–water partition coefficient (Wildman–Crippen LogP) is 4.34. The number of alkyl halides is 3. The van der Waals surface area contributed by atoms with E-state index < -0.39 is 24.3 Å². The minimum atomic E-state index is -4.54. The molecule has 0 radical (unpaired) electrons. The van der Waals surface area contributed by atoms with Crippen molar-refractivity contribution in [1.29, 1.82) is 0 Å². The number of anilines is 1. The van der Waals surface area contributed by atoms with Crippen LogP contribution < -0.4 is 15.8 Å². The van der Waals surface area contributed by atoms with Gasteiger partial charge in [0.15, 0.2) is 18.2 Å². The van der Waals surface area contributed by atoms with E-state index in [9.17, 15) is 17.6 Å². The third kappa shape index (κ3) is 5.89. The summed E-state index contributed by atoms with van der Waals surface area (Å²) in [6.07, 6.45) is -3.24. The zero-order valence-electron chi connectivity index (χ0n) is 15.2. The summed E-state index contributed by atoms with van der Waals surface area (Å²) in [5, 5.41) is 3.10. The summed E-state index contributed by atoms with van der Waals surface area (Å²) in [4.78, 5) is 8.19. The summed E-state index contributed by atoms with van der Waals surface area (Å²) in [6.45, 7) is -1.15. The van der Waals surface area contributed by atoms with Crippen LogP contribution >= 0.6 is 0 Å². The van der Waals surface area contributed by atoms with Crippen LogP contribution in [0, 0.1) is 5.82 Å². The molecule has 0 spiro atoms. The zero-order valence-corrected chi connectivity index (χ0v) is 15.2. The van der Waals surface area contributed by atoms with Crippen molar-refractivity contribution in [2.75, 3.05) is 18.5 Å². The molecule has 0 aliphatic rings. The average Bonchev–Trinajstić information content (AvgIpc) is 2.71. The number of nitrogens with zero attached hydrogens (tertiary/aromatic N) is 2. The first-order valence-electron chi connectivity index (χ1n) is 8.68. The fourth-order valence-corrected chi connectivity index (χ4v) is 2.58. The highest BCUT2D eigenvalue weighted by molar-refractivity contribution is 5.63. The number of aromatic nitrogens is 2. The second-order valence-corrected chi connectivity index (χ2v) is 6.24. The van der Waals surface area contributed by atoms with Gasteiger partial charge in [-0.05, 0) is 23.8 Å². The van der Waals surface area contributed by atoms with Crippen LogP contribution in [0.3, 0.4) is 0 Å². The highest BCUT2D eigenvalue weighted by Crippen LogP contribution is 2.27. The average molecular weight is 406 g/mol. The van der Waals surface area contributed by atoms with Crippen LogP contribution in [0.5, 0.6) is 5.75 Å². The highest BCUT2D eigenvalue weighted by Gasteiger charge is 2.29. The first-order valence-corrected chi connectivity index (χ1v) is 8.68. The van der Waals surface area contributed by atoms with E-state index in [2.05, 4.69) is 20.0 Å². The second-order valence-electron chi connectivity index (χ2n) is 6.24. The molecule has 0 aliphatic carbocycles. The lowest BCUT2D eigenvalue weighted by atomic mass is 10.1. The molecule has 1 aromatic heterocycles. The van der Waals surface area contributed by atoms with Crippen molar-refractivity contribution in [3.63, 3.8) is 0 Å². The number of benzene rings is 2. The molecular weight excluding hydrogens is 388 g/mol. The first-order chi connectivity index (χ1) is 13.8. The molecule has 0 bridgehead atoms.